The van der Waals surface area contributed by atoms with Gasteiger partial charge in [0.1, 0.15) is 5.82 Å². The summed E-state index contributed by atoms with van der Waals surface area (Å²) in [4.78, 5) is 17.3. The van der Waals surface area contributed by atoms with Crippen LogP contribution in [0.25, 0.3) is 0 Å². The van der Waals surface area contributed by atoms with E-state index in [2.05, 4.69) is 11.9 Å². The zero-order valence-electron chi connectivity index (χ0n) is 9.23. The Labute approximate surface area is 90.1 Å². The van der Waals surface area contributed by atoms with E-state index in [1.807, 2.05) is 11.9 Å². The summed E-state index contributed by atoms with van der Waals surface area (Å²) in [6.45, 7) is 3.01. The number of carbonyl (C=O) groups is 1. The fourth-order valence-corrected chi connectivity index (χ4v) is 1.39. The Balaban J connectivity index is 2.87. The molecule has 0 aliphatic heterocycles. The molecule has 0 saturated carbocycles. The highest BCUT2D eigenvalue weighted by atomic mass is 16.1. The van der Waals surface area contributed by atoms with Crippen LogP contribution in [0.4, 0.5) is 5.82 Å². The number of nitrogens with two attached hydrogens (primary N) is 1. The SMILES string of the molecule is CCCCN(C)c1ncccc1C(N)=O. The van der Waals surface area contributed by atoms with E-state index in [-0.39, 0.29) is 0 Å². The fraction of sp³-hybridized carbons (Fsp3) is 0.455. The van der Waals surface area contributed by atoms with E-state index >= 15 is 0 Å². The topological polar surface area (TPSA) is 59.2 Å². The molecule has 1 rings (SSSR count). The molecule has 4 heteroatoms. The lowest BCUT2D eigenvalue weighted by Gasteiger charge is -2.19. The molecule has 2 N–H and O–H groups in total. The van der Waals surface area contributed by atoms with Crippen LogP contribution < -0.4 is 10.6 Å². The molecule has 4 nitrogen and oxygen atoms in total. The van der Waals surface area contributed by atoms with Crippen LogP contribution in [0.2, 0.25) is 0 Å². The summed E-state index contributed by atoms with van der Waals surface area (Å²) in [7, 11) is 1.92. The van der Waals surface area contributed by atoms with Crippen molar-refractivity contribution in [3.05, 3.63) is 23.9 Å². The number of primary amides is 1. The quantitative estimate of drug-likeness (QED) is 0.794. The number of rotatable bonds is 5. The first kappa shape index (κ1) is 11.5. The second kappa shape index (κ2) is 5.34. The molecule has 0 radical (unpaired) electrons. The van der Waals surface area contributed by atoms with Gasteiger partial charge in [-0.3, -0.25) is 4.79 Å². The Bertz CT molecular complexity index is 338. The monoisotopic (exact) mass is 207 g/mol. The normalized spacial score (nSPS) is 10.0. The molecule has 1 heterocycles. The minimum atomic E-state index is -0.429. The van der Waals surface area contributed by atoms with E-state index in [4.69, 9.17) is 5.73 Å². The van der Waals surface area contributed by atoms with Crippen molar-refractivity contribution in [2.45, 2.75) is 19.8 Å². The van der Waals surface area contributed by atoms with E-state index in [9.17, 15) is 4.79 Å². The largest absolute Gasteiger partial charge is 0.365 e. The number of hydrogen-bond acceptors (Lipinski definition) is 3. The van der Waals surface area contributed by atoms with Gasteiger partial charge in [0.25, 0.3) is 5.91 Å². The third kappa shape index (κ3) is 2.94. The van der Waals surface area contributed by atoms with Crippen LogP contribution in [0.5, 0.6) is 0 Å². The highest BCUT2D eigenvalue weighted by molar-refractivity contribution is 5.97. The van der Waals surface area contributed by atoms with Crippen LogP contribution in [0.3, 0.4) is 0 Å². The standard InChI is InChI=1S/C11H17N3O/c1-3-4-8-14(2)11-9(10(12)15)6-5-7-13-11/h5-7H,3-4,8H2,1-2H3,(H2,12,15). The Kier molecular flexibility index (Phi) is 4.09. The summed E-state index contributed by atoms with van der Waals surface area (Å²) in [6, 6.07) is 3.42. The van der Waals surface area contributed by atoms with Crippen molar-refractivity contribution in [2.75, 3.05) is 18.5 Å². The maximum Gasteiger partial charge on any atom is 0.252 e. The van der Waals surface area contributed by atoms with Gasteiger partial charge in [-0.25, -0.2) is 4.98 Å². The molecule has 0 unspecified atom stereocenters. The molecule has 0 fully saturated rings. The molecule has 0 aliphatic rings. The van der Waals surface area contributed by atoms with Gasteiger partial charge in [-0.2, -0.15) is 0 Å². The maximum atomic E-state index is 11.2. The third-order valence-corrected chi connectivity index (χ3v) is 2.26. The van der Waals surface area contributed by atoms with Gasteiger partial charge in [-0.1, -0.05) is 13.3 Å². The lowest BCUT2D eigenvalue weighted by molar-refractivity contribution is 0.100. The van der Waals surface area contributed by atoms with Crippen molar-refractivity contribution in [2.24, 2.45) is 5.73 Å². The number of nitrogens with zero attached hydrogens (tertiary/aromatic N) is 2. The first-order chi connectivity index (χ1) is 7.16. The Morgan fingerprint density at radius 1 is 1.60 bits per heavy atom. The van der Waals surface area contributed by atoms with Crippen molar-refractivity contribution in [1.82, 2.24) is 4.98 Å². The maximum absolute atomic E-state index is 11.2. The molecule has 82 valence electrons. The highest BCUT2D eigenvalue weighted by Gasteiger charge is 2.11. The lowest BCUT2D eigenvalue weighted by atomic mass is 10.2. The van der Waals surface area contributed by atoms with Gasteiger partial charge in [0.2, 0.25) is 0 Å². The van der Waals surface area contributed by atoms with E-state index < -0.39 is 5.91 Å². The number of aromatic nitrogens is 1. The van der Waals surface area contributed by atoms with E-state index in [1.165, 1.54) is 0 Å². The Morgan fingerprint density at radius 2 is 2.33 bits per heavy atom. The second-order valence-electron chi connectivity index (χ2n) is 3.51. The number of hydrogen-bond donors (Lipinski definition) is 1. The van der Waals surface area contributed by atoms with Crippen molar-refractivity contribution in [1.29, 1.82) is 0 Å². The van der Waals surface area contributed by atoms with Gasteiger partial charge < -0.3 is 10.6 Å². The Morgan fingerprint density at radius 3 is 2.93 bits per heavy atom. The molecule has 0 aromatic carbocycles. The summed E-state index contributed by atoms with van der Waals surface area (Å²) < 4.78 is 0. The van der Waals surface area contributed by atoms with E-state index in [0.717, 1.165) is 19.4 Å². The van der Waals surface area contributed by atoms with Crippen molar-refractivity contribution >= 4 is 11.7 Å². The fourth-order valence-electron chi connectivity index (χ4n) is 1.39. The summed E-state index contributed by atoms with van der Waals surface area (Å²) in [5, 5.41) is 0. The first-order valence-corrected chi connectivity index (χ1v) is 5.12. The number of unbranched alkanes of at least 4 members (excludes halogenated alkanes) is 1. The third-order valence-electron chi connectivity index (χ3n) is 2.26. The molecule has 0 bridgehead atoms. The number of pyridine rings is 1. The van der Waals surface area contributed by atoms with Crippen molar-refractivity contribution in [3.8, 4) is 0 Å². The second-order valence-corrected chi connectivity index (χ2v) is 3.51. The molecule has 1 aromatic heterocycles. The smallest absolute Gasteiger partial charge is 0.252 e. The average Bonchev–Trinajstić information content (AvgIpc) is 2.25. The number of carbonyl (C=O) groups excluding carboxylic acids is 1. The van der Waals surface area contributed by atoms with Crippen molar-refractivity contribution < 1.29 is 4.79 Å². The van der Waals surface area contributed by atoms with Gasteiger partial charge in [0.15, 0.2) is 0 Å². The minimum absolute atomic E-state index is 0.429. The summed E-state index contributed by atoms with van der Waals surface area (Å²) in [6.07, 6.45) is 3.86. The molecule has 1 amide bonds. The summed E-state index contributed by atoms with van der Waals surface area (Å²) in [5.41, 5.74) is 5.76. The molecular weight excluding hydrogens is 190 g/mol. The van der Waals surface area contributed by atoms with E-state index in [0.29, 0.717) is 11.4 Å². The van der Waals surface area contributed by atoms with Crippen LogP contribution in [-0.4, -0.2) is 24.5 Å². The molecule has 15 heavy (non-hydrogen) atoms. The molecule has 1 aromatic rings. The van der Waals surface area contributed by atoms with Gasteiger partial charge in [-0.05, 0) is 18.6 Å². The molecular formula is C11H17N3O. The number of amides is 1. The molecule has 0 atom stereocenters. The van der Waals surface area contributed by atoms with Crippen molar-refractivity contribution in [3.63, 3.8) is 0 Å². The van der Waals surface area contributed by atoms with Gasteiger partial charge in [-0.15, -0.1) is 0 Å². The Hall–Kier alpha value is -1.58. The van der Waals surface area contributed by atoms with Crippen LogP contribution in [0.1, 0.15) is 30.1 Å². The van der Waals surface area contributed by atoms with Crippen LogP contribution >= 0.6 is 0 Å². The van der Waals surface area contributed by atoms with Gasteiger partial charge >= 0.3 is 0 Å². The van der Waals surface area contributed by atoms with Crippen LogP contribution in [-0.2, 0) is 0 Å². The number of anilines is 1. The average molecular weight is 207 g/mol. The molecule has 0 aliphatic carbocycles. The molecule has 0 spiro atoms. The first-order valence-electron chi connectivity index (χ1n) is 5.12. The summed E-state index contributed by atoms with van der Waals surface area (Å²) in [5.74, 6) is 0.236. The lowest BCUT2D eigenvalue weighted by Crippen LogP contribution is -2.24. The predicted molar refractivity (Wildman–Crippen MR) is 60.9 cm³/mol. The summed E-state index contributed by atoms with van der Waals surface area (Å²) >= 11 is 0. The predicted octanol–water partition coefficient (Wildman–Crippen LogP) is 1.42. The zero-order chi connectivity index (χ0) is 11.3. The zero-order valence-corrected chi connectivity index (χ0v) is 9.23. The highest BCUT2D eigenvalue weighted by Crippen LogP contribution is 2.15. The van der Waals surface area contributed by atoms with Crippen LogP contribution in [0.15, 0.2) is 18.3 Å². The van der Waals surface area contributed by atoms with E-state index in [1.54, 1.807) is 18.3 Å². The molecule has 0 saturated heterocycles. The van der Waals surface area contributed by atoms with Gasteiger partial charge in [0, 0.05) is 19.8 Å². The minimum Gasteiger partial charge on any atom is -0.365 e. The van der Waals surface area contributed by atoms with Gasteiger partial charge in [0.05, 0.1) is 5.56 Å². The van der Waals surface area contributed by atoms with Crippen LogP contribution in [0, 0.1) is 0 Å².